The molecule has 98 valence electrons. The third kappa shape index (κ3) is 4.57. The summed E-state index contributed by atoms with van der Waals surface area (Å²) in [5.41, 5.74) is 1.18. The maximum atomic E-state index is 5.18. The number of terminal acetylenes is 1. The van der Waals surface area contributed by atoms with Crippen LogP contribution in [0.5, 0.6) is 0 Å². The van der Waals surface area contributed by atoms with Crippen LogP contribution in [0, 0.1) is 12.3 Å². The van der Waals surface area contributed by atoms with Crippen molar-refractivity contribution in [2.45, 2.75) is 25.8 Å². The molecule has 0 unspecified atom stereocenters. The van der Waals surface area contributed by atoms with Crippen LogP contribution < -0.4 is 5.32 Å². The molecule has 19 heavy (non-hydrogen) atoms. The summed E-state index contributed by atoms with van der Waals surface area (Å²) in [7, 11) is 0. The summed E-state index contributed by atoms with van der Waals surface area (Å²) in [4.78, 5) is 4.34. The predicted molar refractivity (Wildman–Crippen MR) is 73.3 cm³/mol. The van der Waals surface area contributed by atoms with Gasteiger partial charge in [0.05, 0.1) is 6.54 Å². The summed E-state index contributed by atoms with van der Waals surface area (Å²) in [6.45, 7) is 1.45. The third-order valence-electron chi connectivity index (χ3n) is 2.67. The Hall–Kier alpha value is -2.12. The molecule has 1 aromatic carbocycles. The lowest BCUT2D eigenvalue weighted by Gasteiger charge is -1.97. The summed E-state index contributed by atoms with van der Waals surface area (Å²) < 4.78 is 5.18. The van der Waals surface area contributed by atoms with E-state index in [1.807, 2.05) is 30.3 Å². The Kier molecular flexibility index (Phi) is 5.15. The van der Waals surface area contributed by atoms with Gasteiger partial charge in [0.25, 0.3) is 0 Å². The highest BCUT2D eigenvalue weighted by Crippen LogP contribution is 2.06. The number of aromatic nitrogens is 2. The molecule has 0 aliphatic rings. The number of unbranched alkanes of at least 4 members (excludes halogenated alkanes) is 1. The molecule has 0 saturated heterocycles. The van der Waals surface area contributed by atoms with Crippen LogP contribution in [-0.2, 0) is 13.0 Å². The van der Waals surface area contributed by atoms with E-state index in [1.54, 1.807) is 0 Å². The number of nitrogens with one attached hydrogen (secondary N) is 1. The second-order valence-electron chi connectivity index (χ2n) is 4.25. The molecule has 0 amide bonds. The molecule has 4 heteroatoms. The van der Waals surface area contributed by atoms with Crippen LogP contribution >= 0.6 is 0 Å². The second-order valence-corrected chi connectivity index (χ2v) is 4.25. The first-order valence-corrected chi connectivity index (χ1v) is 6.38. The maximum Gasteiger partial charge on any atom is 0.240 e. The van der Waals surface area contributed by atoms with E-state index in [9.17, 15) is 0 Å². The SMILES string of the molecule is C#CCCCNCc1nc(Cc2ccccc2)no1. The largest absolute Gasteiger partial charge is 0.338 e. The average Bonchev–Trinajstić information content (AvgIpc) is 2.87. The zero-order valence-electron chi connectivity index (χ0n) is 10.8. The van der Waals surface area contributed by atoms with E-state index in [2.05, 4.69) is 21.4 Å². The van der Waals surface area contributed by atoms with Crippen LogP contribution in [0.25, 0.3) is 0 Å². The first-order valence-electron chi connectivity index (χ1n) is 6.38. The Morgan fingerprint density at radius 1 is 1.26 bits per heavy atom. The van der Waals surface area contributed by atoms with Crippen molar-refractivity contribution in [3.8, 4) is 12.3 Å². The van der Waals surface area contributed by atoms with Gasteiger partial charge in [0.1, 0.15) is 0 Å². The van der Waals surface area contributed by atoms with E-state index in [0.29, 0.717) is 24.7 Å². The van der Waals surface area contributed by atoms with Gasteiger partial charge in [-0.2, -0.15) is 4.98 Å². The molecule has 0 fully saturated rings. The Morgan fingerprint density at radius 3 is 2.89 bits per heavy atom. The minimum atomic E-state index is 0.590. The smallest absolute Gasteiger partial charge is 0.240 e. The molecule has 0 aliphatic heterocycles. The van der Waals surface area contributed by atoms with Crippen molar-refractivity contribution in [3.05, 3.63) is 47.6 Å². The monoisotopic (exact) mass is 255 g/mol. The van der Waals surface area contributed by atoms with Crippen molar-refractivity contribution >= 4 is 0 Å². The van der Waals surface area contributed by atoms with Gasteiger partial charge in [-0.1, -0.05) is 35.5 Å². The first-order chi connectivity index (χ1) is 9.38. The van der Waals surface area contributed by atoms with Gasteiger partial charge in [-0.25, -0.2) is 0 Å². The molecule has 1 N–H and O–H groups in total. The quantitative estimate of drug-likeness (QED) is 0.608. The van der Waals surface area contributed by atoms with Gasteiger partial charge in [-0.05, 0) is 18.5 Å². The van der Waals surface area contributed by atoms with Crippen LogP contribution in [0.4, 0.5) is 0 Å². The van der Waals surface area contributed by atoms with E-state index in [-0.39, 0.29) is 0 Å². The normalized spacial score (nSPS) is 10.3. The molecule has 4 nitrogen and oxygen atoms in total. The highest BCUT2D eigenvalue weighted by molar-refractivity contribution is 5.18. The summed E-state index contributed by atoms with van der Waals surface area (Å²) in [6.07, 6.45) is 7.62. The Labute approximate surface area is 113 Å². The number of rotatable bonds is 7. The topological polar surface area (TPSA) is 51.0 Å². The second kappa shape index (κ2) is 7.34. The fraction of sp³-hybridized carbons (Fsp3) is 0.333. The molecular formula is C15H17N3O. The van der Waals surface area contributed by atoms with Gasteiger partial charge in [0, 0.05) is 12.8 Å². The number of hydrogen-bond donors (Lipinski definition) is 1. The predicted octanol–water partition coefficient (Wildman–Crippen LogP) is 2.16. The Balaban J connectivity index is 1.78. The molecule has 0 spiro atoms. The molecule has 2 rings (SSSR count). The molecule has 1 heterocycles. The molecule has 0 atom stereocenters. The summed E-state index contributed by atoms with van der Waals surface area (Å²) in [6, 6.07) is 10.1. The van der Waals surface area contributed by atoms with Crippen molar-refractivity contribution in [2.75, 3.05) is 6.54 Å². The number of nitrogens with zero attached hydrogens (tertiary/aromatic N) is 2. The van der Waals surface area contributed by atoms with E-state index in [0.717, 1.165) is 19.4 Å². The lowest BCUT2D eigenvalue weighted by Crippen LogP contribution is -2.14. The number of benzene rings is 1. The van der Waals surface area contributed by atoms with Crippen molar-refractivity contribution in [2.24, 2.45) is 0 Å². The fourth-order valence-electron chi connectivity index (χ4n) is 1.72. The molecule has 2 aromatic rings. The van der Waals surface area contributed by atoms with Gasteiger partial charge in [0.2, 0.25) is 5.89 Å². The van der Waals surface area contributed by atoms with Crippen LogP contribution in [0.15, 0.2) is 34.9 Å². The first kappa shape index (κ1) is 13.3. The molecular weight excluding hydrogens is 238 g/mol. The van der Waals surface area contributed by atoms with Crippen molar-refractivity contribution in [1.29, 1.82) is 0 Å². The summed E-state index contributed by atoms with van der Waals surface area (Å²) in [5, 5.41) is 7.19. The Bertz CT molecular complexity index is 528. The average molecular weight is 255 g/mol. The van der Waals surface area contributed by atoms with E-state index in [4.69, 9.17) is 10.9 Å². The minimum Gasteiger partial charge on any atom is -0.338 e. The van der Waals surface area contributed by atoms with Crippen LogP contribution in [-0.4, -0.2) is 16.7 Å². The standard InChI is InChI=1S/C15H17N3O/c1-2-3-7-10-16-12-15-17-14(18-19-15)11-13-8-5-4-6-9-13/h1,4-6,8-9,16H,3,7,10-12H2. The summed E-state index contributed by atoms with van der Waals surface area (Å²) >= 11 is 0. The van der Waals surface area contributed by atoms with E-state index >= 15 is 0 Å². The highest BCUT2D eigenvalue weighted by atomic mass is 16.5. The Morgan fingerprint density at radius 2 is 2.11 bits per heavy atom. The van der Waals surface area contributed by atoms with E-state index < -0.39 is 0 Å². The molecule has 0 aliphatic carbocycles. The van der Waals surface area contributed by atoms with E-state index in [1.165, 1.54) is 5.56 Å². The van der Waals surface area contributed by atoms with Crippen LogP contribution in [0.1, 0.15) is 30.1 Å². The van der Waals surface area contributed by atoms with Gasteiger partial charge in [-0.15, -0.1) is 12.3 Å². The highest BCUT2D eigenvalue weighted by Gasteiger charge is 2.06. The fourth-order valence-corrected chi connectivity index (χ4v) is 1.72. The zero-order valence-corrected chi connectivity index (χ0v) is 10.8. The molecule has 0 bridgehead atoms. The van der Waals surface area contributed by atoms with Gasteiger partial charge >= 0.3 is 0 Å². The molecule has 0 saturated carbocycles. The molecule has 1 aromatic heterocycles. The maximum absolute atomic E-state index is 5.18. The van der Waals surface area contributed by atoms with Crippen molar-refractivity contribution < 1.29 is 4.52 Å². The van der Waals surface area contributed by atoms with Crippen LogP contribution in [0.3, 0.4) is 0 Å². The summed E-state index contributed by atoms with van der Waals surface area (Å²) in [5.74, 6) is 3.94. The van der Waals surface area contributed by atoms with Crippen LogP contribution in [0.2, 0.25) is 0 Å². The third-order valence-corrected chi connectivity index (χ3v) is 2.67. The van der Waals surface area contributed by atoms with Gasteiger partial charge in [0.15, 0.2) is 5.82 Å². The lowest BCUT2D eigenvalue weighted by atomic mass is 10.1. The zero-order chi connectivity index (χ0) is 13.3. The van der Waals surface area contributed by atoms with Crippen molar-refractivity contribution in [1.82, 2.24) is 15.5 Å². The molecule has 0 radical (unpaired) electrons. The minimum absolute atomic E-state index is 0.590. The van der Waals surface area contributed by atoms with Gasteiger partial charge < -0.3 is 9.84 Å². The van der Waals surface area contributed by atoms with Gasteiger partial charge in [-0.3, -0.25) is 0 Å². The van der Waals surface area contributed by atoms with Crippen molar-refractivity contribution in [3.63, 3.8) is 0 Å². The number of hydrogen-bond acceptors (Lipinski definition) is 4. The lowest BCUT2D eigenvalue weighted by molar-refractivity contribution is 0.363.